The topological polar surface area (TPSA) is 35.5 Å². The first-order valence-electron chi connectivity index (χ1n) is 7.56. The van der Waals surface area contributed by atoms with Crippen LogP contribution in [0.5, 0.6) is 11.5 Å². The van der Waals surface area contributed by atoms with Crippen molar-refractivity contribution in [3.05, 3.63) is 59.7 Å². The van der Waals surface area contributed by atoms with Crippen LogP contribution >= 0.6 is 0 Å². The van der Waals surface area contributed by atoms with Gasteiger partial charge >= 0.3 is 6.16 Å². The second-order valence-corrected chi connectivity index (χ2v) is 5.84. The number of ether oxygens (including phenoxy) is 2. The highest BCUT2D eigenvalue weighted by Gasteiger charge is 2.18. The second kappa shape index (κ2) is 7.12. The lowest BCUT2D eigenvalue weighted by molar-refractivity contribution is 0.151. The minimum Gasteiger partial charge on any atom is -0.395 e. The van der Waals surface area contributed by atoms with E-state index in [1.54, 1.807) is 12.1 Å². The average molecular weight is 298 g/mol. The number of hydrogen-bond acceptors (Lipinski definition) is 3. The first-order chi connectivity index (χ1) is 10.5. The van der Waals surface area contributed by atoms with Gasteiger partial charge in [0.05, 0.1) is 0 Å². The molecule has 2 aromatic carbocycles. The minimum absolute atomic E-state index is 0.262. The van der Waals surface area contributed by atoms with Crippen molar-refractivity contribution in [3.63, 3.8) is 0 Å². The Morgan fingerprint density at radius 3 is 2.09 bits per heavy atom. The van der Waals surface area contributed by atoms with E-state index in [1.807, 2.05) is 30.3 Å². The standard InChI is InChI=1S/C19H22O3/c1-13(2)16-11-8-12-17(18(16)14(3)4)22-19(20)21-15-9-6-5-7-10-15/h5-14H,1-4H3. The molecule has 22 heavy (non-hydrogen) atoms. The zero-order valence-electron chi connectivity index (χ0n) is 13.5. The summed E-state index contributed by atoms with van der Waals surface area (Å²) in [6.45, 7) is 8.45. The van der Waals surface area contributed by atoms with Crippen LogP contribution in [0.2, 0.25) is 0 Å². The Morgan fingerprint density at radius 1 is 0.818 bits per heavy atom. The Balaban J connectivity index is 2.22. The van der Waals surface area contributed by atoms with Crippen LogP contribution in [0.15, 0.2) is 48.5 Å². The maximum Gasteiger partial charge on any atom is 0.519 e. The van der Waals surface area contributed by atoms with Crippen molar-refractivity contribution in [1.29, 1.82) is 0 Å². The van der Waals surface area contributed by atoms with Crippen LogP contribution < -0.4 is 9.47 Å². The molecule has 3 nitrogen and oxygen atoms in total. The van der Waals surface area contributed by atoms with Crippen molar-refractivity contribution in [2.45, 2.75) is 39.5 Å². The molecule has 2 aromatic rings. The average Bonchev–Trinajstić information content (AvgIpc) is 2.47. The Morgan fingerprint density at radius 2 is 1.50 bits per heavy atom. The summed E-state index contributed by atoms with van der Waals surface area (Å²) in [6, 6.07) is 14.7. The number of benzene rings is 2. The molecule has 0 fully saturated rings. The third-order valence-corrected chi connectivity index (χ3v) is 3.44. The van der Waals surface area contributed by atoms with Crippen LogP contribution in [0, 0.1) is 0 Å². The van der Waals surface area contributed by atoms with Gasteiger partial charge in [-0.25, -0.2) is 4.79 Å². The molecule has 0 heterocycles. The first-order valence-corrected chi connectivity index (χ1v) is 7.56. The smallest absolute Gasteiger partial charge is 0.395 e. The van der Waals surface area contributed by atoms with Crippen molar-refractivity contribution in [3.8, 4) is 11.5 Å². The maximum absolute atomic E-state index is 12.0. The molecular formula is C19H22O3. The highest BCUT2D eigenvalue weighted by atomic mass is 16.7. The number of para-hydroxylation sites is 1. The summed E-state index contributed by atoms with van der Waals surface area (Å²) in [5.74, 6) is 1.67. The molecule has 0 saturated carbocycles. The van der Waals surface area contributed by atoms with E-state index < -0.39 is 6.16 Å². The van der Waals surface area contributed by atoms with E-state index in [4.69, 9.17) is 9.47 Å². The summed E-state index contributed by atoms with van der Waals surface area (Å²) in [5.41, 5.74) is 2.25. The molecule has 0 bridgehead atoms. The van der Waals surface area contributed by atoms with Crippen molar-refractivity contribution in [2.75, 3.05) is 0 Å². The summed E-state index contributed by atoms with van der Waals surface area (Å²) in [5, 5.41) is 0. The van der Waals surface area contributed by atoms with Gasteiger partial charge in [-0.15, -0.1) is 0 Å². The second-order valence-electron chi connectivity index (χ2n) is 5.84. The van der Waals surface area contributed by atoms with Gasteiger partial charge in [0.25, 0.3) is 0 Å². The zero-order chi connectivity index (χ0) is 16.1. The number of carbonyl (C=O) groups is 1. The van der Waals surface area contributed by atoms with Gasteiger partial charge in [0.15, 0.2) is 0 Å². The predicted molar refractivity (Wildman–Crippen MR) is 87.7 cm³/mol. The fourth-order valence-electron chi connectivity index (χ4n) is 2.47. The summed E-state index contributed by atoms with van der Waals surface area (Å²) in [7, 11) is 0. The number of rotatable bonds is 4. The van der Waals surface area contributed by atoms with Crippen molar-refractivity contribution in [2.24, 2.45) is 0 Å². The molecule has 0 aliphatic heterocycles. The van der Waals surface area contributed by atoms with E-state index >= 15 is 0 Å². The lowest BCUT2D eigenvalue weighted by Gasteiger charge is -2.19. The molecule has 0 radical (unpaired) electrons. The summed E-state index contributed by atoms with van der Waals surface area (Å²) < 4.78 is 10.6. The number of carbonyl (C=O) groups excluding carboxylic acids is 1. The quantitative estimate of drug-likeness (QED) is 0.551. The molecule has 2 rings (SSSR count). The molecule has 0 aromatic heterocycles. The fraction of sp³-hybridized carbons (Fsp3) is 0.316. The van der Waals surface area contributed by atoms with Gasteiger partial charge in [-0.3, -0.25) is 0 Å². The Labute approximate surface area is 131 Å². The highest BCUT2D eigenvalue weighted by Crippen LogP contribution is 2.34. The van der Waals surface area contributed by atoms with Crippen molar-refractivity contribution in [1.82, 2.24) is 0 Å². The Hall–Kier alpha value is -2.29. The van der Waals surface area contributed by atoms with Crippen LogP contribution in [-0.2, 0) is 0 Å². The lowest BCUT2D eigenvalue weighted by Crippen LogP contribution is -2.15. The summed E-state index contributed by atoms with van der Waals surface area (Å²) in [6.07, 6.45) is -0.714. The van der Waals surface area contributed by atoms with Crippen LogP contribution in [0.3, 0.4) is 0 Å². The normalized spacial score (nSPS) is 10.8. The molecule has 0 unspecified atom stereocenters. The van der Waals surface area contributed by atoms with Gasteiger partial charge in [-0.1, -0.05) is 58.0 Å². The molecule has 0 saturated heterocycles. The van der Waals surface area contributed by atoms with Crippen LogP contribution in [-0.4, -0.2) is 6.16 Å². The maximum atomic E-state index is 12.0. The van der Waals surface area contributed by atoms with E-state index in [9.17, 15) is 4.79 Å². The molecule has 3 heteroatoms. The van der Waals surface area contributed by atoms with Gasteiger partial charge in [0.2, 0.25) is 0 Å². The van der Waals surface area contributed by atoms with E-state index in [2.05, 4.69) is 33.8 Å². The van der Waals surface area contributed by atoms with Crippen LogP contribution in [0.25, 0.3) is 0 Å². The third kappa shape index (κ3) is 3.88. The molecular weight excluding hydrogens is 276 g/mol. The third-order valence-electron chi connectivity index (χ3n) is 3.44. The van der Waals surface area contributed by atoms with Crippen LogP contribution in [0.4, 0.5) is 4.79 Å². The Kier molecular flexibility index (Phi) is 5.21. The van der Waals surface area contributed by atoms with E-state index in [1.165, 1.54) is 5.56 Å². The zero-order valence-corrected chi connectivity index (χ0v) is 13.5. The van der Waals surface area contributed by atoms with Gasteiger partial charge < -0.3 is 9.47 Å². The molecule has 116 valence electrons. The summed E-state index contributed by atoms with van der Waals surface area (Å²) >= 11 is 0. The molecule has 0 spiro atoms. The van der Waals surface area contributed by atoms with E-state index in [-0.39, 0.29) is 5.92 Å². The summed E-state index contributed by atoms with van der Waals surface area (Å²) in [4.78, 5) is 12.0. The van der Waals surface area contributed by atoms with Gasteiger partial charge in [0, 0.05) is 5.56 Å². The molecule has 0 amide bonds. The SMILES string of the molecule is CC(C)c1cccc(OC(=O)Oc2ccccc2)c1C(C)C. The molecule has 0 N–H and O–H groups in total. The van der Waals surface area contributed by atoms with E-state index in [0.717, 1.165) is 5.56 Å². The molecule has 0 atom stereocenters. The fourth-order valence-corrected chi connectivity index (χ4v) is 2.47. The first kappa shape index (κ1) is 16.1. The lowest BCUT2D eigenvalue weighted by atomic mass is 9.90. The van der Waals surface area contributed by atoms with Gasteiger partial charge in [-0.2, -0.15) is 0 Å². The van der Waals surface area contributed by atoms with Crippen molar-refractivity contribution < 1.29 is 14.3 Å². The van der Waals surface area contributed by atoms with Crippen molar-refractivity contribution >= 4 is 6.16 Å². The Bertz CT molecular complexity index is 630. The predicted octanol–water partition coefficient (Wildman–Crippen LogP) is 5.51. The minimum atomic E-state index is -0.714. The monoisotopic (exact) mass is 298 g/mol. The highest BCUT2D eigenvalue weighted by molar-refractivity contribution is 5.68. The van der Waals surface area contributed by atoms with E-state index in [0.29, 0.717) is 17.4 Å². The number of hydrogen-bond donors (Lipinski definition) is 0. The molecule has 0 aliphatic carbocycles. The van der Waals surface area contributed by atoms with Gasteiger partial charge in [-0.05, 0) is 35.6 Å². The van der Waals surface area contributed by atoms with Crippen LogP contribution in [0.1, 0.15) is 50.7 Å². The molecule has 0 aliphatic rings. The van der Waals surface area contributed by atoms with Gasteiger partial charge in [0.1, 0.15) is 11.5 Å². The largest absolute Gasteiger partial charge is 0.519 e.